The molecule has 0 unspecified atom stereocenters. The van der Waals surface area contributed by atoms with E-state index in [0.717, 1.165) is 24.6 Å². The molecular formula is C15H28N2OS. The molecule has 2 aliphatic carbocycles. The highest BCUT2D eigenvalue weighted by Crippen LogP contribution is 2.31. The molecule has 0 heterocycles. The van der Waals surface area contributed by atoms with E-state index >= 15 is 0 Å². The van der Waals surface area contributed by atoms with Crippen molar-refractivity contribution in [3.63, 3.8) is 0 Å². The summed E-state index contributed by atoms with van der Waals surface area (Å²) in [4.78, 5) is 14.6. The fourth-order valence-corrected chi connectivity index (χ4v) is 3.52. The minimum Gasteiger partial charge on any atom is -0.338 e. The molecule has 0 aromatic carbocycles. The fraction of sp³-hybridized carbons (Fsp3) is 0.933. The number of amides is 1. The molecule has 0 bridgehead atoms. The van der Waals surface area contributed by atoms with E-state index in [1.54, 1.807) is 11.8 Å². The Hall–Kier alpha value is -0.220. The van der Waals surface area contributed by atoms with Gasteiger partial charge in [0.15, 0.2) is 0 Å². The van der Waals surface area contributed by atoms with Crippen molar-refractivity contribution in [3.8, 4) is 0 Å². The number of carbonyl (C=O) groups excluding carboxylic acids is 1. The summed E-state index contributed by atoms with van der Waals surface area (Å²) in [6, 6.07) is 0.228. The van der Waals surface area contributed by atoms with Crippen LogP contribution in [0, 0.1) is 5.92 Å². The molecule has 2 rings (SSSR count). The predicted octanol–water partition coefficient (Wildman–Crippen LogP) is 2.64. The smallest absolute Gasteiger partial charge is 0.239 e. The summed E-state index contributed by atoms with van der Waals surface area (Å²) in [6.07, 6.45) is 11.9. The highest BCUT2D eigenvalue weighted by atomic mass is 32.2. The van der Waals surface area contributed by atoms with Crippen LogP contribution >= 0.6 is 11.8 Å². The number of nitrogens with two attached hydrogens (primary N) is 1. The third-order valence-corrected chi connectivity index (χ3v) is 5.04. The summed E-state index contributed by atoms with van der Waals surface area (Å²) in [5.41, 5.74) is 6.07. The summed E-state index contributed by atoms with van der Waals surface area (Å²) >= 11 is 1.77. The van der Waals surface area contributed by atoms with Crippen LogP contribution in [0.5, 0.6) is 0 Å². The quantitative estimate of drug-likeness (QED) is 0.782. The minimum atomic E-state index is -0.281. The van der Waals surface area contributed by atoms with Gasteiger partial charge in [-0.25, -0.2) is 0 Å². The Kier molecular flexibility index (Phi) is 6.02. The van der Waals surface area contributed by atoms with Gasteiger partial charge in [-0.2, -0.15) is 11.8 Å². The van der Waals surface area contributed by atoms with Crippen LogP contribution in [-0.4, -0.2) is 41.4 Å². The average molecular weight is 284 g/mol. The first-order valence-electron chi connectivity index (χ1n) is 7.77. The van der Waals surface area contributed by atoms with Gasteiger partial charge in [-0.1, -0.05) is 19.3 Å². The molecule has 2 aliphatic rings. The van der Waals surface area contributed by atoms with Gasteiger partial charge in [-0.3, -0.25) is 4.79 Å². The Morgan fingerprint density at radius 2 is 1.95 bits per heavy atom. The molecule has 4 heteroatoms. The molecule has 0 aromatic rings. The monoisotopic (exact) mass is 284 g/mol. The van der Waals surface area contributed by atoms with Crippen LogP contribution in [0.4, 0.5) is 0 Å². The van der Waals surface area contributed by atoms with Crippen LogP contribution in [0.25, 0.3) is 0 Å². The third kappa shape index (κ3) is 4.67. The molecule has 0 spiro atoms. The molecule has 2 saturated carbocycles. The molecule has 1 atom stereocenters. The Balaban J connectivity index is 1.85. The van der Waals surface area contributed by atoms with Gasteiger partial charge in [0.2, 0.25) is 5.91 Å². The summed E-state index contributed by atoms with van der Waals surface area (Å²) in [5.74, 6) is 1.92. The molecule has 110 valence electrons. The zero-order valence-electron chi connectivity index (χ0n) is 12.1. The molecule has 1 amide bonds. The van der Waals surface area contributed by atoms with E-state index in [9.17, 15) is 4.79 Å². The predicted molar refractivity (Wildman–Crippen MR) is 82.3 cm³/mol. The summed E-state index contributed by atoms with van der Waals surface area (Å²) in [7, 11) is 0. The van der Waals surface area contributed by atoms with Crippen molar-refractivity contribution in [2.45, 2.75) is 63.5 Å². The second-order valence-corrected chi connectivity index (χ2v) is 7.10. The molecule has 0 aliphatic heterocycles. The van der Waals surface area contributed by atoms with Gasteiger partial charge in [-0.05, 0) is 50.0 Å². The molecule has 2 fully saturated rings. The van der Waals surface area contributed by atoms with Crippen molar-refractivity contribution in [2.24, 2.45) is 11.7 Å². The average Bonchev–Trinajstić information content (AvgIpc) is 3.27. The standard InChI is InChI=1S/C15H28N2OS/c1-19-10-9-14(16)15(18)17(13-7-8-13)11-12-5-3-2-4-6-12/h12-14H,2-11,16H2,1H3/t14-/m1/s1. The lowest BCUT2D eigenvalue weighted by Gasteiger charge is -2.31. The number of nitrogens with zero attached hydrogens (tertiary/aromatic N) is 1. The van der Waals surface area contributed by atoms with E-state index in [-0.39, 0.29) is 11.9 Å². The van der Waals surface area contributed by atoms with Crippen molar-refractivity contribution < 1.29 is 4.79 Å². The summed E-state index contributed by atoms with van der Waals surface area (Å²) in [5, 5.41) is 0. The number of hydrogen-bond donors (Lipinski definition) is 1. The van der Waals surface area contributed by atoms with Gasteiger partial charge in [-0.15, -0.1) is 0 Å². The maximum atomic E-state index is 12.5. The van der Waals surface area contributed by atoms with E-state index < -0.39 is 0 Å². The maximum absolute atomic E-state index is 12.5. The maximum Gasteiger partial charge on any atom is 0.239 e. The van der Waals surface area contributed by atoms with Crippen LogP contribution in [-0.2, 0) is 4.79 Å². The number of rotatable bonds is 7. The van der Waals surface area contributed by atoms with Crippen molar-refractivity contribution in [1.29, 1.82) is 0 Å². The summed E-state index contributed by atoms with van der Waals surface area (Å²) < 4.78 is 0. The molecule has 0 aromatic heterocycles. The van der Waals surface area contributed by atoms with E-state index in [2.05, 4.69) is 11.2 Å². The largest absolute Gasteiger partial charge is 0.338 e. The molecule has 0 saturated heterocycles. The molecular weight excluding hydrogens is 256 g/mol. The molecule has 0 radical (unpaired) electrons. The second-order valence-electron chi connectivity index (χ2n) is 6.11. The Morgan fingerprint density at radius 3 is 2.53 bits per heavy atom. The molecule has 2 N–H and O–H groups in total. The van der Waals surface area contributed by atoms with E-state index in [1.165, 1.54) is 44.9 Å². The van der Waals surface area contributed by atoms with Crippen LogP contribution < -0.4 is 5.73 Å². The first-order valence-corrected chi connectivity index (χ1v) is 9.16. The Labute approximate surface area is 121 Å². The first kappa shape index (κ1) is 15.2. The van der Waals surface area contributed by atoms with Crippen molar-refractivity contribution in [3.05, 3.63) is 0 Å². The van der Waals surface area contributed by atoms with Gasteiger partial charge < -0.3 is 10.6 Å². The Morgan fingerprint density at radius 1 is 1.26 bits per heavy atom. The van der Waals surface area contributed by atoms with Crippen LogP contribution in [0.2, 0.25) is 0 Å². The SMILES string of the molecule is CSCC[C@@H](N)C(=O)N(CC1CCCCC1)C1CC1. The topological polar surface area (TPSA) is 46.3 Å². The third-order valence-electron chi connectivity index (χ3n) is 4.40. The second kappa shape index (κ2) is 7.53. The highest BCUT2D eigenvalue weighted by Gasteiger charge is 2.35. The van der Waals surface area contributed by atoms with Crippen molar-refractivity contribution in [1.82, 2.24) is 4.90 Å². The van der Waals surface area contributed by atoms with Crippen molar-refractivity contribution in [2.75, 3.05) is 18.6 Å². The number of carbonyl (C=O) groups is 1. The fourth-order valence-electron chi connectivity index (χ4n) is 3.03. The van der Waals surface area contributed by atoms with E-state index in [1.807, 2.05) is 0 Å². The van der Waals surface area contributed by atoms with Crippen LogP contribution in [0.3, 0.4) is 0 Å². The normalized spacial score (nSPS) is 22.2. The van der Waals surface area contributed by atoms with Gasteiger partial charge in [0, 0.05) is 12.6 Å². The van der Waals surface area contributed by atoms with Gasteiger partial charge in [0.25, 0.3) is 0 Å². The lowest BCUT2D eigenvalue weighted by atomic mass is 9.88. The zero-order valence-corrected chi connectivity index (χ0v) is 13.0. The lowest BCUT2D eigenvalue weighted by molar-refractivity contribution is -0.134. The van der Waals surface area contributed by atoms with E-state index in [0.29, 0.717) is 6.04 Å². The van der Waals surface area contributed by atoms with Gasteiger partial charge in [0.05, 0.1) is 6.04 Å². The number of hydrogen-bond acceptors (Lipinski definition) is 3. The van der Waals surface area contributed by atoms with Crippen molar-refractivity contribution >= 4 is 17.7 Å². The minimum absolute atomic E-state index is 0.210. The van der Waals surface area contributed by atoms with Crippen LogP contribution in [0.15, 0.2) is 0 Å². The zero-order chi connectivity index (χ0) is 13.7. The molecule has 19 heavy (non-hydrogen) atoms. The van der Waals surface area contributed by atoms with Gasteiger partial charge >= 0.3 is 0 Å². The highest BCUT2D eigenvalue weighted by molar-refractivity contribution is 7.98. The van der Waals surface area contributed by atoms with Crippen LogP contribution in [0.1, 0.15) is 51.4 Å². The number of thioether (sulfide) groups is 1. The lowest BCUT2D eigenvalue weighted by Crippen LogP contribution is -2.47. The Bertz CT molecular complexity index is 288. The molecule has 3 nitrogen and oxygen atoms in total. The van der Waals surface area contributed by atoms with Gasteiger partial charge in [0.1, 0.15) is 0 Å². The summed E-state index contributed by atoms with van der Waals surface area (Å²) in [6.45, 7) is 0.969. The first-order chi connectivity index (χ1) is 9.22. The van der Waals surface area contributed by atoms with E-state index in [4.69, 9.17) is 5.73 Å².